The monoisotopic (exact) mass is 460 g/mol. The number of ether oxygens (including phenoxy) is 1. The Bertz CT molecular complexity index is 1210. The topological polar surface area (TPSA) is 95.6 Å². The SMILES string of the molecule is Cc1[nH]c2ccccc2c1C=NNC(=O)C(NC(=O)COc1ccc2c(c1)CCCC2)C(C)C. The van der Waals surface area contributed by atoms with Crippen LogP contribution in [-0.2, 0) is 22.4 Å². The van der Waals surface area contributed by atoms with E-state index in [2.05, 4.69) is 26.9 Å². The molecule has 1 unspecified atom stereocenters. The standard InChI is InChI=1S/C27H32N4O3/c1-17(2)26(27(33)31-28-15-23-18(3)29-24-11-7-6-10-22(23)24)30-25(32)16-34-21-13-12-19-8-4-5-9-20(19)14-21/h6-7,10-15,17,26,29H,4-5,8-9,16H2,1-3H3,(H,30,32)(H,31,33). The van der Waals surface area contributed by atoms with Crippen LogP contribution in [0.25, 0.3) is 10.9 Å². The summed E-state index contributed by atoms with van der Waals surface area (Å²) in [4.78, 5) is 28.6. The highest BCUT2D eigenvalue weighted by atomic mass is 16.5. The van der Waals surface area contributed by atoms with E-state index in [-0.39, 0.29) is 24.3 Å². The highest BCUT2D eigenvalue weighted by molar-refractivity contribution is 6.01. The van der Waals surface area contributed by atoms with Gasteiger partial charge in [0.1, 0.15) is 11.8 Å². The van der Waals surface area contributed by atoms with Gasteiger partial charge in [0, 0.05) is 22.2 Å². The fraction of sp³-hybridized carbons (Fsp3) is 0.370. The molecule has 2 amide bonds. The molecule has 0 aliphatic heterocycles. The van der Waals surface area contributed by atoms with E-state index in [4.69, 9.17) is 4.74 Å². The predicted molar refractivity (Wildman–Crippen MR) is 134 cm³/mol. The number of para-hydroxylation sites is 1. The van der Waals surface area contributed by atoms with Crippen molar-refractivity contribution in [2.24, 2.45) is 11.0 Å². The number of hydrogen-bond acceptors (Lipinski definition) is 4. The fourth-order valence-corrected chi connectivity index (χ4v) is 4.39. The second-order valence-corrected chi connectivity index (χ2v) is 9.16. The van der Waals surface area contributed by atoms with E-state index >= 15 is 0 Å². The number of hydrogen-bond donors (Lipinski definition) is 3. The van der Waals surface area contributed by atoms with Gasteiger partial charge in [-0.1, -0.05) is 38.1 Å². The van der Waals surface area contributed by atoms with Gasteiger partial charge in [-0.05, 0) is 67.9 Å². The lowest BCUT2D eigenvalue weighted by Crippen LogP contribution is -2.49. The smallest absolute Gasteiger partial charge is 0.262 e. The first-order valence-corrected chi connectivity index (χ1v) is 11.9. The van der Waals surface area contributed by atoms with E-state index in [0.29, 0.717) is 5.75 Å². The average molecular weight is 461 g/mol. The third-order valence-corrected chi connectivity index (χ3v) is 6.27. The van der Waals surface area contributed by atoms with Gasteiger partial charge in [-0.3, -0.25) is 9.59 Å². The first-order valence-electron chi connectivity index (χ1n) is 11.9. The maximum absolute atomic E-state index is 12.7. The van der Waals surface area contributed by atoms with Gasteiger partial charge in [-0.15, -0.1) is 0 Å². The second kappa shape index (κ2) is 10.5. The summed E-state index contributed by atoms with van der Waals surface area (Å²) in [5.41, 5.74) is 8.12. The van der Waals surface area contributed by atoms with Crippen LogP contribution in [-0.4, -0.2) is 35.7 Å². The summed E-state index contributed by atoms with van der Waals surface area (Å²) in [6.45, 7) is 5.57. The average Bonchev–Trinajstić information content (AvgIpc) is 3.15. The van der Waals surface area contributed by atoms with E-state index in [1.54, 1.807) is 6.21 Å². The molecule has 4 rings (SSSR count). The summed E-state index contributed by atoms with van der Waals surface area (Å²) in [6.07, 6.45) is 6.19. The summed E-state index contributed by atoms with van der Waals surface area (Å²) < 4.78 is 5.70. The minimum absolute atomic E-state index is 0.113. The summed E-state index contributed by atoms with van der Waals surface area (Å²) >= 11 is 0. The second-order valence-electron chi connectivity index (χ2n) is 9.16. The summed E-state index contributed by atoms with van der Waals surface area (Å²) in [6, 6.07) is 13.2. The number of hydrazone groups is 1. The highest BCUT2D eigenvalue weighted by Crippen LogP contribution is 2.25. The Labute approximate surface area is 200 Å². The highest BCUT2D eigenvalue weighted by Gasteiger charge is 2.24. The molecule has 3 N–H and O–H groups in total. The van der Waals surface area contributed by atoms with Crippen LogP contribution >= 0.6 is 0 Å². The largest absolute Gasteiger partial charge is 0.484 e. The van der Waals surface area contributed by atoms with Crippen molar-refractivity contribution in [3.63, 3.8) is 0 Å². The molecule has 2 aromatic carbocycles. The molecule has 1 heterocycles. The summed E-state index contributed by atoms with van der Waals surface area (Å²) in [5.74, 6) is -0.147. The zero-order valence-corrected chi connectivity index (χ0v) is 20.0. The number of nitrogens with one attached hydrogen (secondary N) is 3. The molecule has 34 heavy (non-hydrogen) atoms. The zero-order chi connectivity index (χ0) is 24.1. The molecule has 7 heteroatoms. The van der Waals surface area contributed by atoms with Crippen LogP contribution in [0.15, 0.2) is 47.6 Å². The minimum atomic E-state index is -0.721. The zero-order valence-electron chi connectivity index (χ0n) is 20.0. The number of aromatic amines is 1. The van der Waals surface area contributed by atoms with Gasteiger partial charge in [0.05, 0.1) is 6.21 Å². The summed E-state index contributed by atoms with van der Waals surface area (Å²) in [7, 11) is 0. The van der Waals surface area contributed by atoms with E-state index in [1.807, 2.05) is 57.2 Å². The van der Waals surface area contributed by atoms with Crippen molar-refractivity contribution in [2.45, 2.75) is 52.5 Å². The van der Waals surface area contributed by atoms with Crippen molar-refractivity contribution in [3.05, 3.63) is 64.8 Å². The molecule has 7 nitrogen and oxygen atoms in total. The number of carbonyl (C=O) groups is 2. The van der Waals surface area contributed by atoms with Crippen molar-refractivity contribution in [2.75, 3.05) is 6.61 Å². The quantitative estimate of drug-likeness (QED) is 0.350. The lowest BCUT2D eigenvalue weighted by molar-refractivity contribution is -0.131. The van der Waals surface area contributed by atoms with Gasteiger partial charge in [-0.2, -0.15) is 5.10 Å². The number of rotatable bonds is 8. The first kappa shape index (κ1) is 23.5. The van der Waals surface area contributed by atoms with Crippen molar-refractivity contribution < 1.29 is 14.3 Å². The number of carbonyl (C=O) groups excluding carboxylic acids is 2. The van der Waals surface area contributed by atoms with Crippen LogP contribution in [0.1, 0.15) is 49.1 Å². The maximum Gasteiger partial charge on any atom is 0.262 e. The molecule has 3 aromatic rings. The van der Waals surface area contributed by atoms with Gasteiger partial charge in [0.25, 0.3) is 11.8 Å². The number of amides is 2. The molecule has 0 bridgehead atoms. The molecule has 0 spiro atoms. The number of nitrogens with zero attached hydrogens (tertiary/aromatic N) is 1. The van der Waals surface area contributed by atoms with Crippen LogP contribution in [0.3, 0.4) is 0 Å². The number of H-pyrrole nitrogens is 1. The summed E-state index contributed by atoms with van der Waals surface area (Å²) in [5, 5.41) is 7.95. The van der Waals surface area contributed by atoms with Crippen LogP contribution < -0.4 is 15.5 Å². The molecule has 0 saturated heterocycles. The number of fused-ring (bicyclic) bond motifs is 2. The van der Waals surface area contributed by atoms with Gasteiger partial charge in [-0.25, -0.2) is 5.43 Å². The molecule has 0 saturated carbocycles. The van der Waals surface area contributed by atoms with Crippen molar-refractivity contribution in [1.82, 2.24) is 15.7 Å². The van der Waals surface area contributed by atoms with Crippen LogP contribution in [0.5, 0.6) is 5.75 Å². The molecule has 1 aromatic heterocycles. The molecule has 1 aliphatic rings. The fourth-order valence-electron chi connectivity index (χ4n) is 4.39. The Morgan fingerprint density at radius 2 is 1.88 bits per heavy atom. The number of benzene rings is 2. The molecule has 1 aliphatic carbocycles. The Morgan fingerprint density at radius 3 is 2.68 bits per heavy atom. The van der Waals surface area contributed by atoms with Gasteiger partial charge in [0.2, 0.25) is 0 Å². The first-order chi connectivity index (χ1) is 16.4. The van der Waals surface area contributed by atoms with Crippen LogP contribution in [0, 0.1) is 12.8 Å². The maximum atomic E-state index is 12.7. The lowest BCUT2D eigenvalue weighted by Gasteiger charge is -2.21. The molecule has 1 atom stereocenters. The van der Waals surface area contributed by atoms with Crippen LogP contribution in [0.4, 0.5) is 0 Å². The van der Waals surface area contributed by atoms with Crippen molar-refractivity contribution in [3.8, 4) is 5.75 Å². The Hall–Kier alpha value is -3.61. The van der Waals surface area contributed by atoms with Crippen molar-refractivity contribution >= 4 is 28.9 Å². The Kier molecular flexibility index (Phi) is 7.30. The van der Waals surface area contributed by atoms with E-state index in [1.165, 1.54) is 24.0 Å². The van der Waals surface area contributed by atoms with E-state index < -0.39 is 6.04 Å². The molecular formula is C27H32N4O3. The molecule has 0 radical (unpaired) electrons. The number of aryl methyl sites for hydroxylation is 3. The van der Waals surface area contributed by atoms with Gasteiger partial charge in [0.15, 0.2) is 6.61 Å². The Balaban J connectivity index is 1.33. The normalized spacial score (nSPS) is 14.2. The Morgan fingerprint density at radius 1 is 1.12 bits per heavy atom. The number of aromatic nitrogens is 1. The third kappa shape index (κ3) is 5.47. The van der Waals surface area contributed by atoms with Gasteiger partial charge < -0.3 is 15.0 Å². The molecular weight excluding hydrogens is 428 g/mol. The molecule has 178 valence electrons. The van der Waals surface area contributed by atoms with Gasteiger partial charge >= 0.3 is 0 Å². The molecule has 0 fully saturated rings. The van der Waals surface area contributed by atoms with Crippen LogP contribution in [0.2, 0.25) is 0 Å². The third-order valence-electron chi connectivity index (χ3n) is 6.27. The van der Waals surface area contributed by atoms with Crippen molar-refractivity contribution in [1.29, 1.82) is 0 Å². The lowest BCUT2D eigenvalue weighted by atomic mass is 9.92. The van der Waals surface area contributed by atoms with E-state index in [9.17, 15) is 9.59 Å². The minimum Gasteiger partial charge on any atom is -0.484 e. The van der Waals surface area contributed by atoms with E-state index in [0.717, 1.165) is 35.0 Å². The predicted octanol–water partition coefficient (Wildman–Crippen LogP) is 4.03.